The lowest BCUT2D eigenvalue weighted by Gasteiger charge is -2.42. The molecule has 0 bridgehead atoms. The first-order valence-corrected chi connectivity index (χ1v) is 19.1. The topological polar surface area (TPSA) is 32.3 Å². The van der Waals surface area contributed by atoms with Gasteiger partial charge in [0.05, 0.1) is 0 Å². The quantitative estimate of drug-likeness (QED) is 0.330. The van der Waals surface area contributed by atoms with Crippen LogP contribution in [-0.4, -0.2) is 53.7 Å². The van der Waals surface area contributed by atoms with E-state index in [1.165, 1.54) is 103 Å². The molecule has 2 aliphatic carbocycles. The van der Waals surface area contributed by atoms with Crippen molar-refractivity contribution in [1.29, 1.82) is 0 Å². The van der Waals surface area contributed by atoms with Gasteiger partial charge in [-0.1, -0.05) is 105 Å². The maximum atomic E-state index is 13.4. The fourth-order valence-electron chi connectivity index (χ4n) is 8.11. The van der Waals surface area contributed by atoms with E-state index in [4.69, 9.17) is 0 Å². The van der Waals surface area contributed by atoms with Crippen molar-refractivity contribution in [2.75, 3.05) is 19.8 Å². The van der Waals surface area contributed by atoms with Gasteiger partial charge in [-0.3, -0.25) is 0 Å². The van der Waals surface area contributed by atoms with Crippen molar-refractivity contribution >= 4 is 32.5 Å². The normalized spacial score (nSPS) is 22.8. The van der Waals surface area contributed by atoms with Crippen LogP contribution in [-0.2, 0) is 0 Å². The van der Waals surface area contributed by atoms with Crippen LogP contribution in [0, 0.1) is 27.7 Å². The van der Waals surface area contributed by atoms with Crippen molar-refractivity contribution in [3.8, 4) is 0 Å². The van der Waals surface area contributed by atoms with Crippen molar-refractivity contribution in [1.82, 2.24) is 10.2 Å². The highest BCUT2D eigenvalue weighted by molar-refractivity contribution is 7.73. The van der Waals surface area contributed by atoms with E-state index in [0.29, 0.717) is 11.7 Å². The molecule has 2 amide bonds. The third-order valence-corrected chi connectivity index (χ3v) is 16.2. The third-order valence-electron chi connectivity index (χ3n) is 9.71. The predicted molar refractivity (Wildman–Crippen MR) is 177 cm³/mol. The first-order valence-electron chi connectivity index (χ1n) is 16.0. The number of rotatable bonds is 7. The van der Waals surface area contributed by atoms with Crippen LogP contribution in [0.4, 0.5) is 4.79 Å². The second-order valence-electron chi connectivity index (χ2n) is 13.1. The smallest absolute Gasteiger partial charge is 0.317 e. The third kappa shape index (κ3) is 7.13. The van der Waals surface area contributed by atoms with Crippen LogP contribution < -0.4 is 15.9 Å². The second kappa shape index (κ2) is 13.7. The highest BCUT2D eigenvalue weighted by atomic mass is 31.1. The Morgan fingerprint density at radius 3 is 1.60 bits per heavy atom. The standard InChI is InChI=1S/C35H52N2OP2/c1-25-16-26(2)19-32(18-25)39(33-20-27(3)17-28(4)21-33)24-29-22-34(23-37(29)35(38)36-5)40(30-12-8-6-9-13-30)31-14-10-7-11-15-31/h16-21,29-31,34H,6-15,22-24H2,1-5H3,(H,36,38)/t29-,34-/m0/s1. The van der Waals surface area contributed by atoms with Crippen LogP contribution in [0.5, 0.6) is 0 Å². The number of likely N-dealkylation sites (tertiary alicyclic amines) is 1. The Morgan fingerprint density at radius 1 is 0.725 bits per heavy atom. The summed E-state index contributed by atoms with van der Waals surface area (Å²) in [5.41, 5.74) is 7.95. The molecule has 1 heterocycles. The van der Waals surface area contributed by atoms with Gasteiger partial charge in [-0.25, -0.2) is 4.79 Å². The van der Waals surface area contributed by atoms with Crippen LogP contribution in [0.15, 0.2) is 36.4 Å². The molecule has 218 valence electrons. The minimum Gasteiger partial charge on any atom is -0.341 e. The molecule has 3 aliphatic rings. The van der Waals surface area contributed by atoms with Crippen LogP contribution >= 0.6 is 15.8 Å². The largest absolute Gasteiger partial charge is 0.341 e. The van der Waals surface area contributed by atoms with E-state index in [1.807, 2.05) is 7.05 Å². The molecule has 1 saturated heterocycles. The number of hydrogen-bond acceptors (Lipinski definition) is 1. The highest BCUT2D eigenvalue weighted by Gasteiger charge is 2.44. The van der Waals surface area contributed by atoms with Crippen LogP contribution in [0.3, 0.4) is 0 Å². The molecule has 0 aromatic heterocycles. The minimum absolute atomic E-state index is 0.0497. The van der Waals surface area contributed by atoms with Crippen molar-refractivity contribution in [2.24, 2.45) is 0 Å². The summed E-state index contributed by atoms with van der Waals surface area (Å²) in [7, 11) is 1.21. The fraction of sp³-hybridized carbons (Fsp3) is 0.629. The van der Waals surface area contributed by atoms with Gasteiger partial charge >= 0.3 is 6.03 Å². The first kappa shape index (κ1) is 30.0. The molecule has 40 heavy (non-hydrogen) atoms. The number of nitrogens with zero attached hydrogens (tertiary/aromatic N) is 1. The van der Waals surface area contributed by atoms with E-state index >= 15 is 0 Å². The molecule has 2 saturated carbocycles. The molecular formula is C35H52N2OP2. The average Bonchev–Trinajstić information content (AvgIpc) is 3.34. The molecule has 2 aromatic rings. The molecule has 5 heteroatoms. The summed E-state index contributed by atoms with van der Waals surface area (Å²) >= 11 is 0. The fourth-order valence-corrected chi connectivity index (χ4v) is 15.6. The van der Waals surface area contributed by atoms with Gasteiger partial charge in [-0.2, -0.15) is 0 Å². The molecule has 3 nitrogen and oxygen atoms in total. The maximum absolute atomic E-state index is 13.4. The molecule has 2 aromatic carbocycles. The molecule has 0 unspecified atom stereocenters. The van der Waals surface area contributed by atoms with Gasteiger partial charge in [0.2, 0.25) is 0 Å². The second-order valence-corrected chi connectivity index (χ2v) is 18.4. The Kier molecular flexibility index (Phi) is 10.3. The van der Waals surface area contributed by atoms with E-state index in [1.54, 1.807) is 0 Å². The molecule has 0 radical (unpaired) electrons. The molecule has 1 aliphatic heterocycles. The Hall–Kier alpha value is -1.43. The number of nitrogens with one attached hydrogen (secondary N) is 1. The monoisotopic (exact) mass is 578 g/mol. The summed E-state index contributed by atoms with van der Waals surface area (Å²) in [5.74, 6) is 0. The number of aryl methyl sites for hydroxylation is 4. The molecule has 2 atom stereocenters. The van der Waals surface area contributed by atoms with Gasteiger partial charge in [-0.05, 0) is 101 Å². The van der Waals surface area contributed by atoms with E-state index in [9.17, 15) is 4.79 Å². The minimum atomic E-state index is -0.565. The van der Waals surface area contributed by atoms with E-state index in [0.717, 1.165) is 24.0 Å². The van der Waals surface area contributed by atoms with E-state index in [2.05, 4.69) is 74.3 Å². The summed E-state index contributed by atoms with van der Waals surface area (Å²) in [5, 5.41) is 5.99. The lowest BCUT2D eigenvalue weighted by atomic mass is 9.99. The predicted octanol–water partition coefficient (Wildman–Crippen LogP) is 8.28. The van der Waals surface area contributed by atoms with Crippen molar-refractivity contribution in [2.45, 2.75) is 121 Å². The van der Waals surface area contributed by atoms with Gasteiger partial charge in [0.15, 0.2) is 0 Å². The van der Waals surface area contributed by atoms with Crippen LogP contribution in [0.25, 0.3) is 0 Å². The lowest BCUT2D eigenvalue weighted by molar-refractivity contribution is 0.199. The molecule has 0 spiro atoms. The van der Waals surface area contributed by atoms with Gasteiger partial charge in [0, 0.05) is 19.6 Å². The van der Waals surface area contributed by atoms with Crippen LogP contribution in [0.2, 0.25) is 0 Å². The zero-order chi connectivity index (χ0) is 28.2. The Labute approximate surface area is 246 Å². The maximum Gasteiger partial charge on any atom is 0.317 e. The van der Waals surface area contributed by atoms with Gasteiger partial charge < -0.3 is 10.2 Å². The number of hydrogen-bond donors (Lipinski definition) is 1. The SMILES string of the molecule is CNC(=O)N1C[C@@H](P(C2CCCCC2)C2CCCCC2)C[C@H]1CP(c1cc(C)cc(C)c1)c1cc(C)cc(C)c1. The molecule has 3 fully saturated rings. The summed E-state index contributed by atoms with van der Waals surface area (Å²) in [6.45, 7) is 9.90. The number of amides is 2. The van der Waals surface area contributed by atoms with E-state index in [-0.39, 0.29) is 14.0 Å². The number of carbonyl (C=O) groups is 1. The Balaban J connectivity index is 1.48. The summed E-state index contributed by atoms with van der Waals surface area (Å²) in [6.07, 6.45) is 16.6. The summed E-state index contributed by atoms with van der Waals surface area (Å²) in [6, 6.07) is 14.7. The Morgan fingerprint density at radius 2 is 1.18 bits per heavy atom. The lowest BCUT2D eigenvalue weighted by Crippen LogP contribution is -2.43. The number of urea groups is 1. The highest BCUT2D eigenvalue weighted by Crippen LogP contribution is 2.61. The number of benzene rings is 2. The van der Waals surface area contributed by atoms with Gasteiger partial charge in [-0.15, -0.1) is 0 Å². The van der Waals surface area contributed by atoms with E-state index < -0.39 is 7.92 Å². The van der Waals surface area contributed by atoms with Crippen molar-refractivity contribution in [3.05, 3.63) is 58.7 Å². The number of carbonyl (C=O) groups excluding carboxylic acids is 1. The molecule has 1 N–H and O–H groups in total. The average molecular weight is 579 g/mol. The van der Waals surface area contributed by atoms with Gasteiger partial charge in [0.25, 0.3) is 0 Å². The van der Waals surface area contributed by atoms with Crippen molar-refractivity contribution < 1.29 is 4.79 Å². The first-order chi connectivity index (χ1) is 19.3. The zero-order valence-electron chi connectivity index (χ0n) is 25.7. The summed E-state index contributed by atoms with van der Waals surface area (Å²) in [4.78, 5) is 15.7. The molecular weight excluding hydrogens is 526 g/mol. The Bertz CT molecular complexity index is 1040. The van der Waals surface area contributed by atoms with Crippen LogP contribution in [0.1, 0.15) is 92.9 Å². The zero-order valence-corrected chi connectivity index (χ0v) is 27.5. The van der Waals surface area contributed by atoms with Gasteiger partial charge in [0.1, 0.15) is 0 Å². The molecule has 5 rings (SSSR count). The van der Waals surface area contributed by atoms with Crippen molar-refractivity contribution in [3.63, 3.8) is 0 Å². The summed E-state index contributed by atoms with van der Waals surface area (Å²) < 4.78 is 0.